The minimum atomic E-state index is -2.62. The van der Waals surface area contributed by atoms with Crippen LogP contribution in [0.3, 0.4) is 0 Å². The van der Waals surface area contributed by atoms with E-state index >= 15 is 0 Å². The lowest BCUT2D eigenvalue weighted by Crippen LogP contribution is -2.74. The number of aromatic nitrogens is 3. The molecule has 0 saturated carbocycles. The standard InChI is InChI=1S/C59H39N3SSi/c1-4-16-44(17-5-1)64(45-18-6-2-7-19-45,46-20-8-3-9-21-46)47-32-28-40(29-33-47)41-36-53-52-38-43(31-35-58(52)63-59(53)60-39-41)62-56-27-15-12-24-50(56)51-37-42(30-34-57(51)62)61-54-25-13-10-22-48(54)49-23-11-14-26-55(49)61/h1-39H. The van der Waals surface area contributed by atoms with Gasteiger partial charge < -0.3 is 9.13 Å². The minimum absolute atomic E-state index is 1.05. The Bertz CT molecular complexity index is 3740. The second-order valence-corrected chi connectivity index (χ2v) is 21.5. The molecule has 64 heavy (non-hydrogen) atoms. The zero-order valence-electron chi connectivity index (χ0n) is 34.8. The van der Waals surface area contributed by atoms with E-state index in [4.69, 9.17) is 4.98 Å². The van der Waals surface area contributed by atoms with Crippen LogP contribution in [0, 0.1) is 0 Å². The number of fused-ring (bicyclic) bond motifs is 9. The van der Waals surface area contributed by atoms with Gasteiger partial charge in [-0.2, -0.15) is 0 Å². The van der Waals surface area contributed by atoms with Crippen molar-refractivity contribution in [3.05, 3.63) is 237 Å². The Labute approximate surface area is 375 Å². The highest BCUT2D eigenvalue weighted by atomic mass is 32.1. The molecule has 300 valence electrons. The van der Waals surface area contributed by atoms with E-state index in [9.17, 15) is 0 Å². The molecule has 9 aromatic carbocycles. The number of nitrogens with zero attached hydrogens (tertiary/aromatic N) is 3. The highest BCUT2D eigenvalue weighted by Crippen LogP contribution is 2.40. The number of thiophene rings is 1. The third-order valence-corrected chi connectivity index (χ3v) is 19.2. The lowest BCUT2D eigenvalue weighted by molar-refractivity contribution is 1.17. The molecule has 4 heterocycles. The highest BCUT2D eigenvalue weighted by Gasteiger charge is 2.41. The highest BCUT2D eigenvalue weighted by molar-refractivity contribution is 7.25. The molecule has 0 unspecified atom stereocenters. The molecule has 0 aliphatic rings. The molecule has 3 nitrogen and oxygen atoms in total. The fraction of sp³-hybridized carbons (Fsp3) is 0. The molecule has 4 aromatic heterocycles. The van der Waals surface area contributed by atoms with Gasteiger partial charge in [-0.3, -0.25) is 0 Å². The minimum Gasteiger partial charge on any atom is -0.309 e. The predicted octanol–water partition coefficient (Wildman–Crippen LogP) is 12.7. The fourth-order valence-corrected chi connectivity index (χ4v) is 16.3. The molecule has 13 rings (SSSR count). The van der Waals surface area contributed by atoms with Crippen molar-refractivity contribution in [1.29, 1.82) is 0 Å². The molecule has 0 radical (unpaired) electrons. The Kier molecular flexibility index (Phi) is 8.41. The third kappa shape index (κ3) is 5.55. The quantitative estimate of drug-likeness (QED) is 0.116. The number of pyridine rings is 1. The Morgan fingerprint density at radius 3 is 1.31 bits per heavy atom. The van der Waals surface area contributed by atoms with Crippen LogP contribution < -0.4 is 20.7 Å². The Hall–Kier alpha value is -7.83. The lowest BCUT2D eigenvalue weighted by atomic mass is 10.1. The summed E-state index contributed by atoms with van der Waals surface area (Å²) in [6.07, 6.45) is 2.05. The maximum Gasteiger partial charge on any atom is 0.179 e. The van der Waals surface area contributed by atoms with Crippen molar-refractivity contribution in [2.75, 3.05) is 0 Å². The first-order chi connectivity index (χ1) is 31.7. The summed E-state index contributed by atoms with van der Waals surface area (Å²) in [7, 11) is -2.62. The summed E-state index contributed by atoms with van der Waals surface area (Å²) in [6.45, 7) is 0. The molecule has 13 aromatic rings. The average molecular weight is 850 g/mol. The molecule has 0 bridgehead atoms. The Balaban J connectivity index is 0.931. The maximum absolute atomic E-state index is 5.10. The van der Waals surface area contributed by atoms with E-state index in [1.54, 1.807) is 11.3 Å². The van der Waals surface area contributed by atoms with E-state index in [2.05, 4.69) is 240 Å². The molecule has 0 saturated heterocycles. The monoisotopic (exact) mass is 849 g/mol. The predicted molar refractivity (Wildman–Crippen MR) is 275 cm³/mol. The van der Waals surface area contributed by atoms with Crippen LogP contribution in [-0.2, 0) is 0 Å². The SMILES string of the molecule is c1ccc([Si](c2ccccc2)(c2ccccc2)c2ccc(-c3cnc4sc5ccc(-n6c7ccccc7c7cc(-n8c9ccccc9c9ccccc98)ccc76)cc5c4c3)cc2)cc1. The van der Waals surface area contributed by atoms with Crippen LogP contribution in [0.4, 0.5) is 0 Å². The molecule has 0 aliphatic heterocycles. The molecule has 0 N–H and O–H groups in total. The van der Waals surface area contributed by atoms with Crippen molar-refractivity contribution in [1.82, 2.24) is 14.1 Å². The second-order valence-electron chi connectivity index (χ2n) is 16.7. The molecule has 0 aliphatic carbocycles. The summed E-state index contributed by atoms with van der Waals surface area (Å²) in [5.41, 5.74) is 9.38. The summed E-state index contributed by atoms with van der Waals surface area (Å²) in [5, 5.41) is 12.9. The zero-order valence-corrected chi connectivity index (χ0v) is 36.6. The van der Waals surface area contributed by atoms with Crippen LogP contribution >= 0.6 is 11.3 Å². The molecule has 0 amide bonds. The van der Waals surface area contributed by atoms with Crippen molar-refractivity contribution in [2.45, 2.75) is 0 Å². The number of benzene rings is 9. The van der Waals surface area contributed by atoms with Crippen molar-refractivity contribution in [3.63, 3.8) is 0 Å². The van der Waals surface area contributed by atoms with E-state index in [0.717, 1.165) is 27.3 Å². The van der Waals surface area contributed by atoms with E-state index in [1.807, 2.05) is 6.20 Å². The molecule has 0 spiro atoms. The normalized spacial score (nSPS) is 12.1. The van der Waals surface area contributed by atoms with Gasteiger partial charge in [-0.1, -0.05) is 170 Å². The van der Waals surface area contributed by atoms with Gasteiger partial charge in [0.2, 0.25) is 0 Å². The van der Waals surface area contributed by atoms with E-state index in [1.165, 1.54) is 79.8 Å². The first-order valence-corrected chi connectivity index (χ1v) is 24.7. The Morgan fingerprint density at radius 1 is 0.328 bits per heavy atom. The smallest absolute Gasteiger partial charge is 0.179 e. The summed E-state index contributed by atoms with van der Waals surface area (Å²) >= 11 is 1.76. The van der Waals surface area contributed by atoms with Crippen LogP contribution in [0.1, 0.15) is 0 Å². The van der Waals surface area contributed by atoms with Gasteiger partial charge in [0.25, 0.3) is 0 Å². The second kappa shape index (κ2) is 14.6. The van der Waals surface area contributed by atoms with Crippen LogP contribution in [0.25, 0.3) is 86.4 Å². The number of hydrogen-bond donors (Lipinski definition) is 0. The van der Waals surface area contributed by atoms with Gasteiger partial charge in [-0.25, -0.2) is 4.98 Å². The summed E-state index contributed by atoms with van der Waals surface area (Å²) in [5.74, 6) is 0. The molecule has 0 atom stereocenters. The van der Waals surface area contributed by atoms with Crippen LogP contribution in [0.5, 0.6) is 0 Å². The maximum atomic E-state index is 5.10. The van der Waals surface area contributed by atoms with Gasteiger partial charge in [0.1, 0.15) is 4.83 Å². The molecular formula is C59H39N3SSi. The largest absolute Gasteiger partial charge is 0.309 e. The number of hydrogen-bond acceptors (Lipinski definition) is 2. The van der Waals surface area contributed by atoms with Crippen LogP contribution in [0.15, 0.2) is 237 Å². The van der Waals surface area contributed by atoms with Crippen LogP contribution in [-0.4, -0.2) is 22.2 Å². The van der Waals surface area contributed by atoms with Crippen molar-refractivity contribution >= 4 is 104 Å². The first-order valence-electron chi connectivity index (χ1n) is 21.9. The summed E-state index contributed by atoms with van der Waals surface area (Å²) in [6, 6.07) is 85.2. The van der Waals surface area contributed by atoms with Crippen molar-refractivity contribution in [2.24, 2.45) is 0 Å². The molecular weight excluding hydrogens is 811 g/mol. The zero-order chi connectivity index (χ0) is 42.2. The van der Waals surface area contributed by atoms with Gasteiger partial charge in [0.05, 0.1) is 22.1 Å². The summed E-state index contributed by atoms with van der Waals surface area (Å²) < 4.78 is 6.07. The van der Waals surface area contributed by atoms with Gasteiger partial charge in [-0.05, 0) is 87.0 Å². The van der Waals surface area contributed by atoms with Crippen molar-refractivity contribution in [3.8, 4) is 22.5 Å². The summed E-state index contributed by atoms with van der Waals surface area (Å²) in [4.78, 5) is 6.15. The van der Waals surface area contributed by atoms with E-state index < -0.39 is 8.07 Å². The number of para-hydroxylation sites is 3. The van der Waals surface area contributed by atoms with Gasteiger partial charge in [-0.15, -0.1) is 11.3 Å². The molecule has 5 heteroatoms. The van der Waals surface area contributed by atoms with Gasteiger partial charge in [0, 0.05) is 60.2 Å². The molecule has 0 fully saturated rings. The van der Waals surface area contributed by atoms with E-state index in [-0.39, 0.29) is 0 Å². The van der Waals surface area contributed by atoms with E-state index in [0.29, 0.717) is 0 Å². The Morgan fingerprint density at radius 2 is 0.766 bits per heavy atom. The van der Waals surface area contributed by atoms with Gasteiger partial charge in [0.15, 0.2) is 8.07 Å². The topological polar surface area (TPSA) is 22.8 Å². The van der Waals surface area contributed by atoms with Crippen LogP contribution in [0.2, 0.25) is 0 Å². The number of rotatable bonds is 7. The van der Waals surface area contributed by atoms with Gasteiger partial charge >= 0.3 is 0 Å². The third-order valence-electron chi connectivity index (χ3n) is 13.3. The first kappa shape index (κ1) is 36.8. The lowest BCUT2D eigenvalue weighted by Gasteiger charge is -2.34. The fourth-order valence-electron chi connectivity index (χ4n) is 10.5. The average Bonchev–Trinajstić information content (AvgIpc) is 4.02. The van der Waals surface area contributed by atoms with Crippen molar-refractivity contribution < 1.29 is 0 Å².